The highest BCUT2D eigenvalue weighted by Crippen LogP contribution is 2.30. The van der Waals surface area contributed by atoms with Gasteiger partial charge in [-0.15, -0.1) is 0 Å². The third kappa shape index (κ3) is 3.47. The topological polar surface area (TPSA) is 42.1 Å². The third-order valence-corrected chi connectivity index (χ3v) is 2.52. The third-order valence-electron chi connectivity index (χ3n) is 2.52. The molecule has 114 valence electrons. The summed E-state index contributed by atoms with van der Waals surface area (Å²) in [5, 5.41) is -0.192. The SMILES string of the molecule is O=c1cc(C(F)(F)F)[nH]c2c(OCC(F)(F)F)cccc12. The quantitative estimate of drug-likeness (QED) is 0.863. The minimum Gasteiger partial charge on any atom is -0.482 e. The molecule has 0 aliphatic heterocycles. The maximum Gasteiger partial charge on any atom is 0.431 e. The van der Waals surface area contributed by atoms with E-state index in [-0.39, 0.29) is 5.39 Å². The van der Waals surface area contributed by atoms with Gasteiger partial charge in [-0.2, -0.15) is 26.3 Å². The van der Waals surface area contributed by atoms with Crippen molar-refractivity contribution < 1.29 is 31.1 Å². The number of aromatic nitrogens is 1. The molecule has 0 aliphatic rings. The fourth-order valence-electron chi connectivity index (χ4n) is 1.68. The fraction of sp³-hybridized carbons (Fsp3) is 0.250. The average Bonchev–Trinajstić information content (AvgIpc) is 2.34. The van der Waals surface area contributed by atoms with Crippen LogP contribution in [0.15, 0.2) is 29.1 Å². The zero-order valence-electron chi connectivity index (χ0n) is 10.1. The van der Waals surface area contributed by atoms with Crippen LogP contribution < -0.4 is 10.2 Å². The maximum absolute atomic E-state index is 12.6. The van der Waals surface area contributed by atoms with Crippen LogP contribution in [0.5, 0.6) is 5.75 Å². The molecule has 0 aliphatic carbocycles. The second kappa shape index (κ2) is 4.97. The van der Waals surface area contributed by atoms with Gasteiger partial charge in [-0.3, -0.25) is 4.79 Å². The van der Waals surface area contributed by atoms with Crippen LogP contribution in [0.2, 0.25) is 0 Å². The van der Waals surface area contributed by atoms with Crippen LogP contribution in [0, 0.1) is 0 Å². The van der Waals surface area contributed by atoms with Crippen LogP contribution in [-0.2, 0) is 6.18 Å². The lowest BCUT2D eigenvalue weighted by atomic mass is 10.1. The van der Waals surface area contributed by atoms with E-state index in [1.807, 2.05) is 4.98 Å². The van der Waals surface area contributed by atoms with E-state index in [4.69, 9.17) is 0 Å². The van der Waals surface area contributed by atoms with Crippen LogP contribution >= 0.6 is 0 Å². The monoisotopic (exact) mass is 311 g/mol. The van der Waals surface area contributed by atoms with Gasteiger partial charge in [0.05, 0.1) is 5.52 Å². The van der Waals surface area contributed by atoms with E-state index in [1.54, 1.807) is 0 Å². The number of alkyl halides is 6. The Hall–Kier alpha value is -2.19. The van der Waals surface area contributed by atoms with Gasteiger partial charge in [-0.05, 0) is 12.1 Å². The first-order valence-corrected chi connectivity index (χ1v) is 5.51. The van der Waals surface area contributed by atoms with E-state index in [0.29, 0.717) is 6.07 Å². The van der Waals surface area contributed by atoms with Gasteiger partial charge in [0.2, 0.25) is 0 Å². The van der Waals surface area contributed by atoms with Crippen LogP contribution in [-0.4, -0.2) is 17.8 Å². The molecule has 0 amide bonds. The minimum atomic E-state index is -4.83. The van der Waals surface area contributed by atoms with Gasteiger partial charge in [0.25, 0.3) is 0 Å². The van der Waals surface area contributed by atoms with E-state index < -0.39 is 41.3 Å². The van der Waals surface area contributed by atoms with Crippen molar-refractivity contribution >= 4 is 10.9 Å². The molecule has 0 unspecified atom stereocenters. The highest BCUT2D eigenvalue weighted by Gasteiger charge is 2.33. The lowest BCUT2D eigenvalue weighted by Gasteiger charge is -2.13. The number of para-hydroxylation sites is 1. The van der Waals surface area contributed by atoms with Crippen LogP contribution in [0.25, 0.3) is 10.9 Å². The van der Waals surface area contributed by atoms with Crippen LogP contribution in [0.1, 0.15) is 5.69 Å². The second-order valence-corrected chi connectivity index (χ2v) is 4.13. The normalized spacial score (nSPS) is 12.7. The summed E-state index contributed by atoms with van der Waals surface area (Å²) in [6, 6.07) is 3.80. The summed E-state index contributed by atoms with van der Waals surface area (Å²) in [6.07, 6.45) is -9.48. The first-order valence-electron chi connectivity index (χ1n) is 5.51. The van der Waals surface area contributed by atoms with Crippen molar-refractivity contribution in [2.75, 3.05) is 6.61 Å². The Morgan fingerprint density at radius 3 is 2.33 bits per heavy atom. The van der Waals surface area contributed by atoms with Crippen LogP contribution in [0.3, 0.4) is 0 Å². The molecule has 1 N–H and O–H groups in total. The first-order chi connectivity index (χ1) is 9.58. The molecule has 1 heterocycles. The number of H-pyrrole nitrogens is 1. The maximum atomic E-state index is 12.6. The van der Waals surface area contributed by atoms with Gasteiger partial charge in [-0.1, -0.05) is 6.07 Å². The van der Waals surface area contributed by atoms with Gasteiger partial charge >= 0.3 is 12.4 Å². The molecule has 0 bridgehead atoms. The number of aromatic amines is 1. The molecule has 1 aromatic heterocycles. The van der Waals surface area contributed by atoms with Gasteiger partial charge in [0.1, 0.15) is 11.4 Å². The molecule has 21 heavy (non-hydrogen) atoms. The molecule has 2 aromatic rings. The molecule has 0 atom stereocenters. The van der Waals surface area contributed by atoms with Crippen molar-refractivity contribution in [2.24, 2.45) is 0 Å². The number of halogens is 6. The van der Waals surface area contributed by atoms with Gasteiger partial charge < -0.3 is 9.72 Å². The number of benzene rings is 1. The van der Waals surface area contributed by atoms with Crippen molar-refractivity contribution in [3.8, 4) is 5.75 Å². The standard InChI is InChI=1S/C12H7F6NO2/c13-11(14,15)5-21-8-3-1-2-6-7(20)4-9(12(16,17)18)19-10(6)8/h1-4H,5H2,(H,19,20). The Bertz CT molecular complexity index is 716. The van der Waals surface area contributed by atoms with E-state index in [1.165, 1.54) is 12.1 Å². The number of rotatable bonds is 2. The predicted octanol–water partition coefficient (Wildman–Crippen LogP) is 3.49. The largest absolute Gasteiger partial charge is 0.482 e. The molecule has 0 spiro atoms. The summed E-state index contributed by atoms with van der Waals surface area (Å²) in [5.41, 5.74) is -2.75. The summed E-state index contributed by atoms with van der Waals surface area (Å²) in [6.45, 7) is -1.68. The van der Waals surface area contributed by atoms with Crippen molar-refractivity contribution in [3.05, 3.63) is 40.2 Å². The van der Waals surface area contributed by atoms with Crippen molar-refractivity contribution in [2.45, 2.75) is 12.4 Å². The Morgan fingerprint density at radius 2 is 1.76 bits per heavy atom. The molecular formula is C12H7F6NO2. The van der Waals surface area contributed by atoms with Gasteiger partial charge in [0, 0.05) is 11.5 Å². The molecule has 1 aromatic carbocycles. The number of fused-ring (bicyclic) bond motifs is 1. The summed E-state index contributed by atoms with van der Waals surface area (Å²) in [7, 11) is 0. The number of pyridine rings is 1. The lowest BCUT2D eigenvalue weighted by molar-refractivity contribution is -0.153. The Labute approximate surface area is 113 Å². The van der Waals surface area contributed by atoms with Crippen molar-refractivity contribution in [3.63, 3.8) is 0 Å². The predicted molar refractivity (Wildman–Crippen MR) is 61.1 cm³/mol. The Balaban J connectivity index is 2.57. The fourth-order valence-corrected chi connectivity index (χ4v) is 1.68. The molecule has 0 saturated carbocycles. The molecular weight excluding hydrogens is 304 g/mol. The zero-order chi connectivity index (χ0) is 15.8. The van der Waals surface area contributed by atoms with E-state index in [0.717, 1.165) is 6.07 Å². The second-order valence-electron chi connectivity index (χ2n) is 4.13. The summed E-state index contributed by atoms with van der Waals surface area (Å²) >= 11 is 0. The average molecular weight is 311 g/mol. The Morgan fingerprint density at radius 1 is 1.10 bits per heavy atom. The number of nitrogens with one attached hydrogen (secondary N) is 1. The summed E-state index contributed by atoms with van der Waals surface area (Å²) in [5.74, 6) is -0.479. The van der Waals surface area contributed by atoms with Crippen LogP contribution in [0.4, 0.5) is 26.3 Å². The number of hydrogen-bond donors (Lipinski definition) is 1. The van der Waals surface area contributed by atoms with Gasteiger partial charge in [-0.25, -0.2) is 0 Å². The van der Waals surface area contributed by atoms with Crippen molar-refractivity contribution in [1.82, 2.24) is 4.98 Å². The molecule has 0 saturated heterocycles. The highest BCUT2D eigenvalue weighted by atomic mass is 19.4. The lowest BCUT2D eigenvalue weighted by Crippen LogP contribution is -2.20. The Kier molecular flexibility index (Phi) is 3.60. The van der Waals surface area contributed by atoms with E-state index >= 15 is 0 Å². The summed E-state index contributed by atoms with van der Waals surface area (Å²) < 4.78 is 78.6. The highest BCUT2D eigenvalue weighted by molar-refractivity contribution is 5.84. The van der Waals surface area contributed by atoms with Crippen molar-refractivity contribution in [1.29, 1.82) is 0 Å². The zero-order valence-corrected chi connectivity index (χ0v) is 10.1. The molecule has 3 nitrogen and oxygen atoms in total. The smallest absolute Gasteiger partial charge is 0.431 e. The molecule has 9 heteroatoms. The van der Waals surface area contributed by atoms with Gasteiger partial charge in [0.15, 0.2) is 12.0 Å². The number of ether oxygens (including phenoxy) is 1. The first kappa shape index (κ1) is 15.2. The molecule has 2 rings (SSSR count). The number of hydrogen-bond acceptors (Lipinski definition) is 2. The molecule has 0 fully saturated rings. The summed E-state index contributed by atoms with van der Waals surface area (Å²) in [4.78, 5) is 13.5. The molecule has 0 radical (unpaired) electrons. The van der Waals surface area contributed by atoms with E-state index in [2.05, 4.69) is 4.74 Å². The minimum absolute atomic E-state index is 0.192. The van der Waals surface area contributed by atoms with E-state index in [9.17, 15) is 31.1 Å².